The lowest BCUT2D eigenvalue weighted by Gasteiger charge is -2.12. The molecule has 12 heteroatoms. The Morgan fingerprint density at radius 1 is 1.00 bits per heavy atom. The maximum absolute atomic E-state index is 12.4. The van der Waals surface area contributed by atoms with Crippen molar-refractivity contribution >= 4 is 29.2 Å². The third-order valence-corrected chi connectivity index (χ3v) is 3.74. The van der Waals surface area contributed by atoms with Gasteiger partial charge >= 0.3 is 24.0 Å². The zero-order chi connectivity index (χ0) is 21.9. The minimum atomic E-state index is -5.11. The average molecular weight is 412 g/mol. The molecule has 0 aliphatic carbocycles. The summed E-state index contributed by atoms with van der Waals surface area (Å²) in [5, 5.41) is 31.0. The number of aliphatic carboxylic acids is 2. The van der Waals surface area contributed by atoms with Crippen LogP contribution in [-0.4, -0.2) is 39.2 Å². The van der Waals surface area contributed by atoms with Crippen molar-refractivity contribution in [2.75, 3.05) is 5.32 Å². The van der Waals surface area contributed by atoms with Crippen molar-refractivity contribution in [2.45, 2.75) is 12.1 Å². The monoisotopic (exact) mass is 412 g/mol. The number of amides is 1. The molecule has 0 unspecified atom stereocenters. The smallest absolute Gasteiger partial charge is 0.471 e. The summed E-state index contributed by atoms with van der Waals surface area (Å²) in [6.07, 6.45) is -5.11. The van der Waals surface area contributed by atoms with Crippen molar-refractivity contribution in [3.05, 3.63) is 58.1 Å². The summed E-state index contributed by atoms with van der Waals surface area (Å²) in [6.45, 7) is 0. The molecule has 0 spiro atoms. The highest BCUT2D eigenvalue weighted by Gasteiger charge is 2.38. The first kappa shape index (κ1) is 21.3. The van der Waals surface area contributed by atoms with Gasteiger partial charge in [0.1, 0.15) is 0 Å². The van der Waals surface area contributed by atoms with Crippen LogP contribution in [0.15, 0.2) is 42.5 Å². The van der Waals surface area contributed by atoms with E-state index >= 15 is 0 Å². The highest BCUT2D eigenvalue weighted by Crippen LogP contribution is 2.33. The molecule has 9 nitrogen and oxygen atoms in total. The molecule has 0 saturated carbocycles. The Bertz CT molecular complexity index is 991. The molecule has 2 aromatic carbocycles. The average Bonchev–Trinajstić information content (AvgIpc) is 2.60. The van der Waals surface area contributed by atoms with Gasteiger partial charge in [-0.25, -0.2) is 0 Å². The first-order valence-corrected chi connectivity index (χ1v) is 7.64. The molecule has 2 rings (SSSR count). The van der Waals surface area contributed by atoms with Gasteiger partial charge < -0.3 is 15.5 Å². The largest absolute Gasteiger partial charge is 0.480 e. The molecule has 3 N–H and O–H groups in total. The van der Waals surface area contributed by atoms with E-state index in [4.69, 9.17) is 10.2 Å². The zero-order valence-corrected chi connectivity index (χ0v) is 14.1. The van der Waals surface area contributed by atoms with Crippen LogP contribution in [-0.2, 0) is 14.4 Å². The summed E-state index contributed by atoms with van der Waals surface area (Å²) < 4.78 is 37.1. The molecule has 0 aliphatic rings. The number of nitrogens with zero attached hydrogens (tertiary/aromatic N) is 1. The first-order chi connectivity index (χ1) is 13.4. The van der Waals surface area contributed by atoms with Gasteiger partial charge in [-0.2, -0.15) is 13.2 Å². The van der Waals surface area contributed by atoms with Crippen LogP contribution in [0.25, 0.3) is 11.1 Å². The fraction of sp³-hybridized carbons (Fsp3) is 0.118. The highest BCUT2D eigenvalue weighted by molar-refractivity contribution is 6.00. The van der Waals surface area contributed by atoms with Crippen molar-refractivity contribution in [1.29, 1.82) is 0 Å². The van der Waals surface area contributed by atoms with E-state index in [0.29, 0.717) is 0 Å². The quantitative estimate of drug-likeness (QED) is 0.375. The number of alkyl halides is 3. The molecule has 29 heavy (non-hydrogen) atoms. The maximum atomic E-state index is 12.4. The van der Waals surface area contributed by atoms with Crippen LogP contribution >= 0.6 is 0 Å². The Morgan fingerprint density at radius 2 is 1.59 bits per heavy atom. The van der Waals surface area contributed by atoms with Gasteiger partial charge in [0.2, 0.25) is 0 Å². The van der Waals surface area contributed by atoms with E-state index < -0.39 is 46.1 Å². The van der Waals surface area contributed by atoms with E-state index in [9.17, 15) is 37.7 Å². The van der Waals surface area contributed by atoms with Crippen molar-refractivity contribution in [3.8, 4) is 11.1 Å². The number of carbonyl (C=O) groups excluding carboxylic acids is 1. The lowest BCUT2D eigenvalue weighted by molar-refractivity contribution is -0.385. The Hall–Kier alpha value is -3.96. The molecule has 0 heterocycles. The fourth-order valence-electron chi connectivity index (χ4n) is 2.48. The normalized spacial score (nSPS) is 11.2. The van der Waals surface area contributed by atoms with Crippen LogP contribution in [0, 0.1) is 10.1 Å². The molecule has 0 aliphatic heterocycles. The maximum Gasteiger partial charge on any atom is 0.471 e. The predicted molar refractivity (Wildman–Crippen MR) is 91.2 cm³/mol. The number of hydrogen-bond acceptors (Lipinski definition) is 5. The number of benzene rings is 2. The number of hydrogen-bond donors (Lipinski definition) is 3. The minimum absolute atomic E-state index is 0.0954. The molecule has 0 radical (unpaired) electrons. The van der Waals surface area contributed by atoms with Gasteiger partial charge in [-0.15, -0.1) is 0 Å². The molecule has 1 amide bonds. The molecular formula is C17H11F3N2O7. The Kier molecular flexibility index (Phi) is 5.86. The van der Waals surface area contributed by atoms with Gasteiger partial charge in [-0.05, 0) is 23.3 Å². The number of carbonyl (C=O) groups is 3. The minimum Gasteiger partial charge on any atom is -0.480 e. The Labute approximate surface area is 159 Å². The number of nitrogens with one attached hydrogen (secondary N) is 1. The topological polar surface area (TPSA) is 147 Å². The standard InChI is InChI=1S/C17H11F3N2O7/c18-17(19,20)16(27)21-10-3-1-2-8(6-10)9-4-5-11(12(7-9)22(28)29)13(14(23)24)15(25)26/h1-7,13H,(H,21,27)(H,23,24)(H,25,26). The van der Waals surface area contributed by atoms with Crippen LogP contribution in [0.2, 0.25) is 0 Å². The van der Waals surface area contributed by atoms with E-state index in [-0.39, 0.29) is 16.8 Å². The van der Waals surface area contributed by atoms with E-state index in [1.165, 1.54) is 24.3 Å². The SMILES string of the molecule is O=C(O)C(C(=O)O)c1ccc(-c2cccc(NC(=O)C(F)(F)F)c2)cc1[N+](=O)[O-]. The molecule has 0 bridgehead atoms. The molecule has 0 fully saturated rings. The van der Waals surface area contributed by atoms with Crippen molar-refractivity contribution in [1.82, 2.24) is 0 Å². The number of nitro groups is 1. The fourth-order valence-corrected chi connectivity index (χ4v) is 2.48. The summed E-state index contributed by atoms with van der Waals surface area (Å²) in [7, 11) is 0. The summed E-state index contributed by atoms with van der Waals surface area (Å²) in [4.78, 5) is 43.7. The third kappa shape index (κ3) is 4.86. The summed E-state index contributed by atoms with van der Waals surface area (Å²) in [6, 6.07) is 7.99. The van der Waals surface area contributed by atoms with Gasteiger partial charge in [0.15, 0.2) is 5.92 Å². The highest BCUT2D eigenvalue weighted by atomic mass is 19.4. The van der Waals surface area contributed by atoms with E-state index in [1.54, 1.807) is 5.32 Å². The lowest BCUT2D eigenvalue weighted by atomic mass is 9.94. The van der Waals surface area contributed by atoms with Crippen molar-refractivity contribution in [3.63, 3.8) is 0 Å². The number of anilines is 1. The number of nitro benzene ring substituents is 1. The van der Waals surface area contributed by atoms with E-state index in [1.807, 2.05) is 0 Å². The molecule has 152 valence electrons. The number of rotatable bonds is 6. The second kappa shape index (κ2) is 7.96. The first-order valence-electron chi connectivity index (χ1n) is 7.64. The zero-order valence-electron chi connectivity index (χ0n) is 14.1. The van der Waals surface area contributed by atoms with Crippen LogP contribution in [0.5, 0.6) is 0 Å². The second-order valence-corrected chi connectivity index (χ2v) is 5.67. The van der Waals surface area contributed by atoms with Gasteiger partial charge in [0, 0.05) is 11.8 Å². The molecule has 0 aromatic heterocycles. The van der Waals surface area contributed by atoms with Gasteiger partial charge in [0.25, 0.3) is 5.69 Å². The van der Waals surface area contributed by atoms with Crippen molar-refractivity contribution in [2.24, 2.45) is 0 Å². The Balaban J connectivity index is 2.49. The van der Waals surface area contributed by atoms with Crippen LogP contribution < -0.4 is 5.32 Å². The summed E-state index contributed by atoms with van der Waals surface area (Å²) in [5.74, 6) is -7.99. The number of carboxylic acids is 2. The van der Waals surface area contributed by atoms with Crippen LogP contribution in [0.3, 0.4) is 0 Å². The molecule has 2 aromatic rings. The molecular weight excluding hydrogens is 401 g/mol. The van der Waals surface area contributed by atoms with Gasteiger partial charge in [-0.3, -0.25) is 24.5 Å². The summed E-state index contributed by atoms with van der Waals surface area (Å²) in [5.41, 5.74) is -1.33. The van der Waals surface area contributed by atoms with Gasteiger partial charge in [-0.1, -0.05) is 24.3 Å². The van der Waals surface area contributed by atoms with Crippen molar-refractivity contribution < 1.29 is 42.7 Å². The lowest BCUT2D eigenvalue weighted by Crippen LogP contribution is -2.29. The van der Waals surface area contributed by atoms with Crippen LogP contribution in [0.4, 0.5) is 24.5 Å². The second-order valence-electron chi connectivity index (χ2n) is 5.67. The van der Waals surface area contributed by atoms with Gasteiger partial charge in [0.05, 0.1) is 10.5 Å². The summed E-state index contributed by atoms with van der Waals surface area (Å²) >= 11 is 0. The van der Waals surface area contributed by atoms with E-state index in [0.717, 1.165) is 18.2 Å². The third-order valence-electron chi connectivity index (χ3n) is 3.74. The van der Waals surface area contributed by atoms with Crippen LogP contribution in [0.1, 0.15) is 11.5 Å². The Morgan fingerprint density at radius 3 is 2.10 bits per heavy atom. The predicted octanol–water partition coefficient (Wildman–Crippen LogP) is 3.02. The number of halogens is 3. The van der Waals surface area contributed by atoms with E-state index in [2.05, 4.69) is 0 Å². The number of carboxylic acid groups (broad SMARTS) is 2. The molecule has 0 saturated heterocycles. The molecule has 0 atom stereocenters.